The Morgan fingerprint density at radius 2 is 1.49 bits per heavy atom. The highest BCUT2D eigenvalue weighted by Gasteiger charge is 2.49. The van der Waals surface area contributed by atoms with Crippen molar-refractivity contribution >= 4 is 23.4 Å². The van der Waals surface area contributed by atoms with Crippen molar-refractivity contribution in [2.75, 3.05) is 44.2 Å². The maximum absolute atomic E-state index is 13.3. The number of hydrogen-bond donors (Lipinski definition) is 2. The van der Waals surface area contributed by atoms with Gasteiger partial charge in [-0.25, -0.2) is 0 Å². The molecule has 4 fully saturated rings. The standard InChI is InChI=1S/C34H40N4O5.C10H12O.C7H8/c39-29-9-8-28(31(40)35-29)38-21-26-25(32(38)41)6-7-27-30(26)42-22-33(27)12-16-36(17-13-33)20-24-10-11-34(43-24)14-18-37(19-15-34)23-4-2-1-3-5-23;11-10-6-5-8-3-1-2-4-9(8)7-10;1-7-5-3-2-4-6-7/h1-7,24,28H,8-22H2,(H,35,39,40);5-7,11H,1-4H2;2-6H,1H3. The Morgan fingerprint density at radius 3 is 2.20 bits per heavy atom. The van der Waals surface area contributed by atoms with Gasteiger partial charge in [0.2, 0.25) is 11.8 Å². The van der Waals surface area contributed by atoms with Crippen molar-refractivity contribution in [3.8, 4) is 11.5 Å². The monoisotopic (exact) mass is 824 g/mol. The van der Waals surface area contributed by atoms with E-state index in [1.807, 2.05) is 36.4 Å². The number of nitrogens with one attached hydrogen (secondary N) is 1. The van der Waals surface area contributed by atoms with Gasteiger partial charge in [-0.1, -0.05) is 66.2 Å². The number of benzene rings is 4. The first-order valence-electron chi connectivity index (χ1n) is 22.6. The smallest absolute Gasteiger partial charge is 0.255 e. The molecule has 1 aliphatic carbocycles. The van der Waals surface area contributed by atoms with E-state index in [4.69, 9.17) is 9.47 Å². The van der Waals surface area contributed by atoms with Crippen LogP contribution in [0.1, 0.15) is 102 Å². The lowest BCUT2D eigenvalue weighted by Gasteiger charge is -2.41. The van der Waals surface area contributed by atoms with Crippen LogP contribution in [-0.2, 0) is 39.1 Å². The minimum atomic E-state index is -0.611. The van der Waals surface area contributed by atoms with Crippen molar-refractivity contribution in [3.63, 3.8) is 0 Å². The second kappa shape index (κ2) is 17.7. The SMILES string of the molecule is Cc1ccccc1.O=C1CCC(N2Cc3c(ccc4c3OCC43CCN(CC4CCC5(CCN(c6ccccc6)CC5)O4)CC3)C2=O)C(=O)N1.Oc1ccc2c(c1)CCCC2. The van der Waals surface area contributed by atoms with E-state index in [0.717, 1.165) is 82.6 Å². The zero-order valence-electron chi connectivity index (χ0n) is 35.6. The van der Waals surface area contributed by atoms with Gasteiger partial charge >= 0.3 is 0 Å². The lowest BCUT2D eigenvalue weighted by Crippen LogP contribution is -2.52. The maximum Gasteiger partial charge on any atom is 0.255 e. The molecule has 4 aromatic carbocycles. The van der Waals surface area contributed by atoms with Gasteiger partial charge in [-0.05, 0) is 132 Å². The zero-order chi connectivity index (χ0) is 42.0. The minimum absolute atomic E-state index is 0.0337. The number of nitrogens with zero attached hydrogens (tertiary/aromatic N) is 3. The predicted octanol–water partition coefficient (Wildman–Crippen LogP) is 7.66. The number of likely N-dealkylation sites (tertiary alicyclic amines) is 1. The third-order valence-electron chi connectivity index (χ3n) is 14.4. The van der Waals surface area contributed by atoms with Gasteiger partial charge in [0.1, 0.15) is 17.5 Å². The highest BCUT2D eigenvalue weighted by Crippen LogP contribution is 2.50. The summed E-state index contributed by atoms with van der Waals surface area (Å²) < 4.78 is 13.2. The molecule has 2 unspecified atom stereocenters. The van der Waals surface area contributed by atoms with Gasteiger partial charge < -0.3 is 29.3 Å². The molecule has 0 radical (unpaired) electrons. The number of aryl methyl sites for hydroxylation is 3. The van der Waals surface area contributed by atoms with Gasteiger partial charge in [-0.3, -0.25) is 19.7 Å². The van der Waals surface area contributed by atoms with E-state index in [-0.39, 0.29) is 35.2 Å². The number of phenols is 1. The van der Waals surface area contributed by atoms with Crippen molar-refractivity contribution in [1.82, 2.24) is 15.1 Å². The van der Waals surface area contributed by atoms with Gasteiger partial charge in [0, 0.05) is 53.8 Å². The molecule has 10 heteroatoms. The molecule has 6 heterocycles. The van der Waals surface area contributed by atoms with Crippen LogP contribution >= 0.6 is 0 Å². The lowest BCUT2D eigenvalue weighted by atomic mass is 9.74. The number of phenolic OH excluding ortho intramolecular Hbond substituents is 1. The summed E-state index contributed by atoms with van der Waals surface area (Å²) in [6.45, 7) is 8.21. The van der Waals surface area contributed by atoms with Crippen LogP contribution < -0.4 is 15.0 Å². The number of carbonyl (C=O) groups is 3. The summed E-state index contributed by atoms with van der Waals surface area (Å²) in [7, 11) is 0. The molecular weight excluding hydrogens is 765 g/mol. The van der Waals surface area contributed by atoms with Crippen LogP contribution in [0.3, 0.4) is 0 Å². The molecule has 320 valence electrons. The molecule has 4 saturated heterocycles. The van der Waals surface area contributed by atoms with E-state index >= 15 is 0 Å². The highest BCUT2D eigenvalue weighted by atomic mass is 16.5. The summed E-state index contributed by atoms with van der Waals surface area (Å²) in [4.78, 5) is 44.1. The summed E-state index contributed by atoms with van der Waals surface area (Å²) in [6.07, 6.45) is 12.4. The Hall–Kier alpha value is -5.19. The maximum atomic E-state index is 13.3. The molecule has 2 atom stereocenters. The first kappa shape index (κ1) is 41.2. The molecule has 7 aliphatic rings. The number of aromatic hydroxyl groups is 1. The van der Waals surface area contributed by atoms with E-state index in [2.05, 4.69) is 70.6 Å². The number of amides is 3. The Labute approximate surface area is 360 Å². The average molecular weight is 825 g/mol. The largest absolute Gasteiger partial charge is 0.508 e. The number of fused-ring (bicyclic) bond motifs is 5. The minimum Gasteiger partial charge on any atom is -0.508 e. The van der Waals surface area contributed by atoms with Crippen molar-refractivity contribution in [1.29, 1.82) is 0 Å². The topological polar surface area (TPSA) is 112 Å². The van der Waals surface area contributed by atoms with Crippen LogP contribution in [0.15, 0.2) is 91.0 Å². The summed E-state index contributed by atoms with van der Waals surface area (Å²) in [5.41, 5.74) is 8.15. The van der Waals surface area contributed by atoms with Crippen molar-refractivity contribution in [2.24, 2.45) is 0 Å². The van der Waals surface area contributed by atoms with Gasteiger partial charge in [0.25, 0.3) is 5.91 Å². The molecule has 3 amide bonds. The normalized spacial score (nSPS) is 23.5. The van der Waals surface area contributed by atoms with E-state index in [1.165, 1.54) is 53.6 Å². The lowest BCUT2D eigenvalue weighted by molar-refractivity contribution is -0.136. The molecule has 11 rings (SSSR count). The van der Waals surface area contributed by atoms with Crippen LogP contribution in [0.25, 0.3) is 0 Å². The number of anilines is 1. The second-order valence-electron chi connectivity index (χ2n) is 18.3. The summed E-state index contributed by atoms with van der Waals surface area (Å²) >= 11 is 0. The van der Waals surface area contributed by atoms with Crippen LogP contribution in [0.5, 0.6) is 11.5 Å². The second-order valence-corrected chi connectivity index (χ2v) is 18.3. The first-order chi connectivity index (χ1) is 29.7. The van der Waals surface area contributed by atoms with Crippen LogP contribution in [0.2, 0.25) is 0 Å². The molecule has 6 aliphatic heterocycles. The Kier molecular flexibility index (Phi) is 11.9. The van der Waals surface area contributed by atoms with E-state index in [0.29, 0.717) is 37.0 Å². The van der Waals surface area contributed by atoms with Gasteiger partial charge in [-0.15, -0.1) is 0 Å². The predicted molar refractivity (Wildman–Crippen MR) is 236 cm³/mol. The Morgan fingerprint density at radius 1 is 0.770 bits per heavy atom. The van der Waals surface area contributed by atoms with Crippen molar-refractivity contribution in [3.05, 3.63) is 124 Å². The fourth-order valence-electron chi connectivity index (χ4n) is 10.8. The number of ether oxygens (including phenoxy) is 2. The van der Waals surface area contributed by atoms with E-state index in [9.17, 15) is 19.5 Å². The van der Waals surface area contributed by atoms with Crippen molar-refractivity contribution in [2.45, 2.75) is 114 Å². The zero-order valence-corrected chi connectivity index (χ0v) is 35.6. The van der Waals surface area contributed by atoms with E-state index < -0.39 is 6.04 Å². The average Bonchev–Trinajstić information content (AvgIpc) is 3.96. The number of hydrogen-bond acceptors (Lipinski definition) is 8. The van der Waals surface area contributed by atoms with Crippen LogP contribution in [0, 0.1) is 6.92 Å². The van der Waals surface area contributed by atoms with E-state index in [1.54, 1.807) is 11.0 Å². The Bertz CT molecular complexity index is 2210. The third-order valence-corrected chi connectivity index (χ3v) is 14.4. The molecule has 61 heavy (non-hydrogen) atoms. The van der Waals surface area contributed by atoms with Crippen LogP contribution in [-0.4, -0.2) is 89.7 Å². The van der Waals surface area contributed by atoms with Crippen molar-refractivity contribution < 1.29 is 29.0 Å². The number of imide groups is 1. The van der Waals surface area contributed by atoms with Gasteiger partial charge in [0.15, 0.2) is 0 Å². The number of piperidine rings is 3. The van der Waals surface area contributed by atoms with Gasteiger partial charge in [0.05, 0.1) is 24.9 Å². The number of para-hydroxylation sites is 1. The van der Waals surface area contributed by atoms with Gasteiger partial charge in [-0.2, -0.15) is 0 Å². The fourth-order valence-corrected chi connectivity index (χ4v) is 10.8. The van der Waals surface area contributed by atoms with Crippen LogP contribution in [0.4, 0.5) is 5.69 Å². The fraction of sp³-hybridized carbons (Fsp3) is 0.471. The molecule has 10 nitrogen and oxygen atoms in total. The molecule has 0 aromatic heterocycles. The highest BCUT2D eigenvalue weighted by molar-refractivity contribution is 6.05. The molecule has 2 spiro atoms. The first-order valence-corrected chi connectivity index (χ1v) is 22.6. The summed E-state index contributed by atoms with van der Waals surface area (Å²) in [6, 6.07) is 30.1. The molecular formula is C51H60N4O6. The number of carbonyl (C=O) groups excluding carboxylic acids is 3. The summed E-state index contributed by atoms with van der Waals surface area (Å²) in [5.74, 6) is 0.453. The molecule has 4 aromatic rings. The Balaban J connectivity index is 0.000000217. The molecule has 0 bridgehead atoms. The number of rotatable bonds is 4. The molecule has 2 N–H and O–H groups in total. The third kappa shape index (κ3) is 8.80. The quantitative estimate of drug-likeness (QED) is 0.202. The summed E-state index contributed by atoms with van der Waals surface area (Å²) in [5, 5.41) is 11.6. The molecule has 0 saturated carbocycles.